The summed E-state index contributed by atoms with van der Waals surface area (Å²) >= 11 is 1.28. The standard InChI is InChI=1S/C17H28N2O3S/c1-8-19(10-17(6,7)22)14(20)13-11(2)9-12(23-13)18-15(21)16(3,4)5/h9,22H,8,10H2,1-7H3,(H,18,21). The van der Waals surface area contributed by atoms with E-state index in [2.05, 4.69) is 5.32 Å². The highest BCUT2D eigenvalue weighted by atomic mass is 32.1. The summed E-state index contributed by atoms with van der Waals surface area (Å²) in [5.41, 5.74) is -0.600. The quantitative estimate of drug-likeness (QED) is 0.864. The Morgan fingerprint density at radius 2 is 1.83 bits per heavy atom. The molecule has 5 nitrogen and oxygen atoms in total. The fraction of sp³-hybridized carbons (Fsp3) is 0.647. The van der Waals surface area contributed by atoms with Crippen LogP contribution in [0.25, 0.3) is 0 Å². The van der Waals surface area contributed by atoms with Gasteiger partial charge in [0, 0.05) is 18.5 Å². The second-order valence-electron chi connectivity index (χ2n) is 7.46. The zero-order chi connectivity index (χ0) is 18.0. The zero-order valence-corrected chi connectivity index (χ0v) is 15.9. The number of likely N-dealkylation sites (N-methyl/N-ethyl adjacent to an activating group) is 1. The first-order valence-electron chi connectivity index (χ1n) is 7.78. The molecular formula is C17H28N2O3S. The molecule has 23 heavy (non-hydrogen) atoms. The van der Waals surface area contributed by atoms with Crippen molar-refractivity contribution in [2.24, 2.45) is 5.41 Å². The normalized spacial score (nSPS) is 12.2. The van der Waals surface area contributed by atoms with Crippen LogP contribution in [0, 0.1) is 12.3 Å². The van der Waals surface area contributed by atoms with E-state index in [0.29, 0.717) is 16.4 Å². The van der Waals surface area contributed by atoms with Crippen LogP contribution in [0.15, 0.2) is 6.07 Å². The van der Waals surface area contributed by atoms with Crippen LogP contribution in [0.4, 0.5) is 5.00 Å². The van der Waals surface area contributed by atoms with Crippen molar-refractivity contribution in [1.29, 1.82) is 0 Å². The van der Waals surface area contributed by atoms with Gasteiger partial charge in [0.05, 0.1) is 15.5 Å². The van der Waals surface area contributed by atoms with Gasteiger partial charge in [0.1, 0.15) is 0 Å². The molecule has 1 rings (SSSR count). The number of amides is 2. The van der Waals surface area contributed by atoms with Crippen LogP contribution in [0.1, 0.15) is 56.8 Å². The average molecular weight is 340 g/mol. The lowest BCUT2D eigenvalue weighted by Gasteiger charge is -2.28. The van der Waals surface area contributed by atoms with Crippen molar-refractivity contribution in [2.45, 2.75) is 54.1 Å². The van der Waals surface area contributed by atoms with Gasteiger partial charge in [-0.15, -0.1) is 11.3 Å². The zero-order valence-electron chi connectivity index (χ0n) is 15.1. The molecule has 2 amide bonds. The maximum atomic E-state index is 12.7. The summed E-state index contributed by atoms with van der Waals surface area (Å²) in [6.45, 7) is 13.4. The molecule has 6 heteroatoms. The van der Waals surface area contributed by atoms with Gasteiger partial charge in [0.2, 0.25) is 5.91 Å². The molecular weight excluding hydrogens is 312 g/mol. The fourth-order valence-electron chi connectivity index (χ4n) is 1.99. The smallest absolute Gasteiger partial charge is 0.264 e. The number of carbonyl (C=O) groups is 2. The molecule has 2 N–H and O–H groups in total. The largest absolute Gasteiger partial charge is 0.389 e. The molecule has 0 aliphatic rings. The lowest BCUT2D eigenvalue weighted by molar-refractivity contribution is -0.123. The molecule has 0 unspecified atom stereocenters. The molecule has 0 aliphatic heterocycles. The Bertz CT molecular complexity index is 580. The molecule has 0 saturated carbocycles. The van der Waals surface area contributed by atoms with Crippen molar-refractivity contribution in [3.05, 3.63) is 16.5 Å². The summed E-state index contributed by atoms with van der Waals surface area (Å²) in [5, 5.41) is 13.5. The Hall–Kier alpha value is -1.40. The fourth-order valence-corrected chi connectivity index (χ4v) is 3.03. The van der Waals surface area contributed by atoms with Gasteiger partial charge in [-0.2, -0.15) is 0 Å². The number of rotatable bonds is 5. The second-order valence-corrected chi connectivity index (χ2v) is 8.51. The number of aliphatic hydroxyl groups is 1. The van der Waals surface area contributed by atoms with Gasteiger partial charge in [0.25, 0.3) is 5.91 Å². The van der Waals surface area contributed by atoms with E-state index in [0.717, 1.165) is 5.56 Å². The van der Waals surface area contributed by atoms with Gasteiger partial charge in [0.15, 0.2) is 0 Å². The number of nitrogens with one attached hydrogen (secondary N) is 1. The van der Waals surface area contributed by atoms with Crippen molar-refractivity contribution >= 4 is 28.2 Å². The molecule has 1 aromatic rings. The number of thiophene rings is 1. The molecule has 1 heterocycles. The average Bonchev–Trinajstić information content (AvgIpc) is 2.73. The topological polar surface area (TPSA) is 69.6 Å². The van der Waals surface area contributed by atoms with Crippen LogP contribution >= 0.6 is 11.3 Å². The minimum absolute atomic E-state index is 0.0819. The van der Waals surface area contributed by atoms with E-state index in [1.807, 2.05) is 40.7 Å². The number of hydrogen-bond donors (Lipinski definition) is 2. The summed E-state index contributed by atoms with van der Waals surface area (Å²) in [6.07, 6.45) is 0. The van der Waals surface area contributed by atoms with Crippen LogP contribution in [0.3, 0.4) is 0 Å². The third-order valence-corrected chi connectivity index (χ3v) is 4.42. The first-order chi connectivity index (χ1) is 10.3. The lowest BCUT2D eigenvalue weighted by atomic mass is 9.96. The van der Waals surface area contributed by atoms with Gasteiger partial charge in [-0.25, -0.2) is 0 Å². The second kappa shape index (κ2) is 7.01. The minimum Gasteiger partial charge on any atom is -0.389 e. The summed E-state index contributed by atoms with van der Waals surface area (Å²) in [6, 6.07) is 1.82. The molecule has 0 saturated heterocycles. The Balaban J connectivity index is 2.97. The highest BCUT2D eigenvalue weighted by Crippen LogP contribution is 2.29. The van der Waals surface area contributed by atoms with Gasteiger partial charge in [-0.3, -0.25) is 9.59 Å². The molecule has 1 aromatic heterocycles. The highest BCUT2D eigenvalue weighted by Gasteiger charge is 2.26. The van der Waals surface area contributed by atoms with E-state index in [4.69, 9.17) is 0 Å². The van der Waals surface area contributed by atoms with E-state index in [9.17, 15) is 14.7 Å². The Labute approximate surface area is 142 Å². The molecule has 0 radical (unpaired) electrons. The molecule has 0 spiro atoms. The van der Waals surface area contributed by atoms with Crippen LogP contribution in [-0.2, 0) is 4.79 Å². The lowest BCUT2D eigenvalue weighted by Crippen LogP contribution is -2.42. The maximum absolute atomic E-state index is 12.7. The minimum atomic E-state index is -0.944. The molecule has 0 atom stereocenters. The van der Waals surface area contributed by atoms with Crippen molar-refractivity contribution in [1.82, 2.24) is 4.90 Å². The van der Waals surface area contributed by atoms with E-state index in [1.54, 1.807) is 18.7 Å². The summed E-state index contributed by atoms with van der Waals surface area (Å²) in [4.78, 5) is 27.0. The Kier molecular flexibility index (Phi) is 5.99. The highest BCUT2D eigenvalue weighted by molar-refractivity contribution is 7.18. The number of anilines is 1. The predicted octanol–water partition coefficient (Wildman–Crippen LogP) is 3.27. The van der Waals surface area contributed by atoms with Crippen LogP contribution in [-0.4, -0.2) is 40.5 Å². The van der Waals surface area contributed by atoms with Gasteiger partial charge >= 0.3 is 0 Å². The first-order valence-corrected chi connectivity index (χ1v) is 8.60. The third kappa shape index (κ3) is 5.62. The monoisotopic (exact) mass is 340 g/mol. The number of carbonyl (C=O) groups excluding carboxylic acids is 2. The van der Waals surface area contributed by atoms with E-state index in [1.165, 1.54) is 11.3 Å². The summed E-state index contributed by atoms with van der Waals surface area (Å²) in [5.74, 6) is -0.199. The first kappa shape index (κ1) is 19.6. The molecule has 130 valence electrons. The van der Waals surface area contributed by atoms with Crippen molar-refractivity contribution in [3.8, 4) is 0 Å². The van der Waals surface area contributed by atoms with Crippen molar-refractivity contribution < 1.29 is 14.7 Å². The van der Waals surface area contributed by atoms with E-state index < -0.39 is 11.0 Å². The molecule has 0 aliphatic carbocycles. The number of nitrogens with zero attached hydrogens (tertiary/aromatic N) is 1. The molecule has 0 bridgehead atoms. The third-order valence-electron chi connectivity index (χ3n) is 3.28. The Morgan fingerprint density at radius 3 is 2.26 bits per heavy atom. The Morgan fingerprint density at radius 1 is 1.26 bits per heavy atom. The summed E-state index contributed by atoms with van der Waals surface area (Å²) in [7, 11) is 0. The number of hydrogen-bond acceptors (Lipinski definition) is 4. The summed E-state index contributed by atoms with van der Waals surface area (Å²) < 4.78 is 0. The molecule has 0 fully saturated rings. The SMILES string of the molecule is CCN(CC(C)(C)O)C(=O)c1sc(NC(=O)C(C)(C)C)cc1C. The maximum Gasteiger partial charge on any atom is 0.264 e. The van der Waals surface area contributed by atoms with Gasteiger partial charge < -0.3 is 15.3 Å². The van der Waals surface area contributed by atoms with Gasteiger partial charge in [-0.05, 0) is 39.3 Å². The van der Waals surface area contributed by atoms with Crippen LogP contribution in [0.5, 0.6) is 0 Å². The van der Waals surface area contributed by atoms with Crippen molar-refractivity contribution in [3.63, 3.8) is 0 Å². The van der Waals surface area contributed by atoms with E-state index in [-0.39, 0.29) is 18.4 Å². The van der Waals surface area contributed by atoms with E-state index >= 15 is 0 Å². The van der Waals surface area contributed by atoms with Crippen LogP contribution in [0.2, 0.25) is 0 Å². The predicted molar refractivity (Wildman–Crippen MR) is 95.0 cm³/mol. The van der Waals surface area contributed by atoms with Crippen molar-refractivity contribution in [2.75, 3.05) is 18.4 Å². The molecule has 0 aromatic carbocycles. The number of aryl methyl sites for hydroxylation is 1. The van der Waals surface area contributed by atoms with Crippen LogP contribution < -0.4 is 5.32 Å². The van der Waals surface area contributed by atoms with Gasteiger partial charge in [-0.1, -0.05) is 20.8 Å².